The minimum Gasteiger partial charge on any atom is -0.481 e. The molecule has 2 unspecified atom stereocenters. The van der Waals surface area contributed by atoms with Gasteiger partial charge in [0.05, 0.1) is 5.92 Å². The van der Waals surface area contributed by atoms with Gasteiger partial charge in [-0.05, 0) is 47.1 Å². The van der Waals surface area contributed by atoms with Gasteiger partial charge >= 0.3 is 12.1 Å². The Morgan fingerprint density at radius 3 is 2.25 bits per heavy atom. The number of rotatable bonds is 3. The summed E-state index contributed by atoms with van der Waals surface area (Å²) in [7, 11) is 2.04. The number of likely N-dealkylation sites (tertiary alicyclic amines) is 1. The van der Waals surface area contributed by atoms with Crippen LogP contribution in [0.5, 0.6) is 0 Å². The van der Waals surface area contributed by atoms with Crippen LogP contribution in [0, 0.1) is 5.92 Å². The Kier molecular flexibility index (Phi) is 7.35. The maximum Gasteiger partial charge on any atom is 0.410 e. The van der Waals surface area contributed by atoms with Crippen molar-refractivity contribution in [3.05, 3.63) is 0 Å². The number of amides is 1. The van der Waals surface area contributed by atoms with Crippen molar-refractivity contribution in [2.75, 3.05) is 20.1 Å². The molecule has 140 valence electrons. The molecule has 1 N–H and O–H groups in total. The fourth-order valence-corrected chi connectivity index (χ4v) is 3.74. The number of carbonyl (C=O) groups is 2. The van der Waals surface area contributed by atoms with Gasteiger partial charge in [0.2, 0.25) is 0 Å². The highest BCUT2D eigenvalue weighted by Crippen LogP contribution is 2.30. The largest absolute Gasteiger partial charge is 0.481 e. The third kappa shape index (κ3) is 5.24. The third-order valence-electron chi connectivity index (χ3n) is 4.97. The Bertz CT molecular complexity index is 446. The predicted molar refractivity (Wildman–Crippen MR) is 94.6 cm³/mol. The van der Waals surface area contributed by atoms with Crippen LogP contribution >= 0.6 is 12.4 Å². The van der Waals surface area contributed by atoms with Crippen LogP contribution < -0.4 is 0 Å². The van der Waals surface area contributed by atoms with Crippen molar-refractivity contribution in [3.63, 3.8) is 0 Å². The Morgan fingerprint density at radius 2 is 1.75 bits per heavy atom. The number of aliphatic carboxylic acids is 1. The van der Waals surface area contributed by atoms with Crippen LogP contribution in [0.3, 0.4) is 0 Å². The van der Waals surface area contributed by atoms with Gasteiger partial charge in [0.1, 0.15) is 5.60 Å². The van der Waals surface area contributed by atoms with E-state index in [2.05, 4.69) is 4.90 Å². The van der Waals surface area contributed by atoms with Gasteiger partial charge < -0.3 is 14.7 Å². The summed E-state index contributed by atoms with van der Waals surface area (Å²) in [6.45, 7) is 6.24. The SMILES string of the molecule is CN(C1CCCC1)C1CCN(C(=O)OC(C)(C)C)CC1C(=O)O.Cl. The average Bonchev–Trinajstić information content (AvgIpc) is 2.98. The molecule has 1 aliphatic heterocycles. The quantitative estimate of drug-likeness (QED) is 0.835. The van der Waals surface area contributed by atoms with Crippen molar-refractivity contribution in [3.8, 4) is 0 Å². The number of hydrogen-bond acceptors (Lipinski definition) is 4. The molecule has 0 spiro atoms. The van der Waals surface area contributed by atoms with Crippen LogP contribution in [-0.4, -0.2) is 64.8 Å². The van der Waals surface area contributed by atoms with E-state index in [1.807, 2.05) is 27.8 Å². The van der Waals surface area contributed by atoms with E-state index < -0.39 is 23.6 Å². The standard InChI is InChI=1S/C17H30N2O4.ClH/c1-17(2,3)23-16(22)19-10-9-14(13(11-19)15(20)21)18(4)12-7-5-6-8-12;/h12-14H,5-11H2,1-4H3,(H,20,21);1H. The number of piperidine rings is 1. The van der Waals surface area contributed by atoms with E-state index in [0.29, 0.717) is 19.0 Å². The summed E-state index contributed by atoms with van der Waals surface area (Å²) in [6, 6.07) is 0.476. The van der Waals surface area contributed by atoms with Crippen molar-refractivity contribution in [1.82, 2.24) is 9.80 Å². The molecular formula is C17H31ClN2O4. The van der Waals surface area contributed by atoms with Gasteiger partial charge in [0, 0.05) is 25.2 Å². The number of hydrogen-bond donors (Lipinski definition) is 1. The minimum atomic E-state index is -0.826. The summed E-state index contributed by atoms with van der Waals surface area (Å²) in [6.07, 6.45) is 5.02. The molecule has 1 aliphatic carbocycles. The van der Waals surface area contributed by atoms with E-state index in [0.717, 1.165) is 12.8 Å². The first-order chi connectivity index (χ1) is 10.7. The summed E-state index contributed by atoms with van der Waals surface area (Å²) in [4.78, 5) is 27.7. The zero-order chi connectivity index (χ0) is 17.2. The van der Waals surface area contributed by atoms with Crippen molar-refractivity contribution in [1.29, 1.82) is 0 Å². The Balaban J connectivity index is 0.00000288. The molecule has 6 nitrogen and oxygen atoms in total. The normalized spacial score (nSPS) is 25.5. The van der Waals surface area contributed by atoms with E-state index in [1.54, 1.807) is 4.90 Å². The number of nitrogens with zero attached hydrogens (tertiary/aromatic N) is 2. The fourth-order valence-electron chi connectivity index (χ4n) is 3.74. The van der Waals surface area contributed by atoms with E-state index in [9.17, 15) is 14.7 Å². The molecule has 2 fully saturated rings. The molecule has 7 heteroatoms. The molecular weight excluding hydrogens is 332 g/mol. The van der Waals surface area contributed by atoms with Crippen LogP contribution in [0.15, 0.2) is 0 Å². The molecule has 0 aromatic carbocycles. The topological polar surface area (TPSA) is 70.1 Å². The molecule has 2 atom stereocenters. The van der Waals surface area contributed by atoms with Gasteiger partial charge in [-0.15, -0.1) is 12.4 Å². The molecule has 0 aromatic heterocycles. The molecule has 1 amide bonds. The second kappa shape index (κ2) is 8.39. The first-order valence-electron chi connectivity index (χ1n) is 8.61. The lowest BCUT2D eigenvalue weighted by Crippen LogP contribution is -2.56. The Morgan fingerprint density at radius 1 is 1.17 bits per heavy atom. The zero-order valence-corrected chi connectivity index (χ0v) is 16.0. The first-order valence-corrected chi connectivity index (χ1v) is 8.61. The smallest absolute Gasteiger partial charge is 0.410 e. The number of carboxylic acids is 1. The van der Waals surface area contributed by atoms with E-state index in [4.69, 9.17) is 4.74 Å². The Hall–Kier alpha value is -1.01. The van der Waals surface area contributed by atoms with E-state index in [1.165, 1.54) is 12.8 Å². The highest BCUT2D eigenvalue weighted by molar-refractivity contribution is 5.85. The fraction of sp³-hybridized carbons (Fsp3) is 0.882. The summed E-state index contributed by atoms with van der Waals surface area (Å²) in [5, 5.41) is 9.63. The average molecular weight is 363 g/mol. The van der Waals surface area contributed by atoms with E-state index >= 15 is 0 Å². The molecule has 0 aromatic rings. The molecule has 24 heavy (non-hydrogen) atoms. The first kappa shape index (κ1) is 21.0. The summed E-state index contributed by atoms with van der Waals surface area (Å²) in [5.74, 6) is -1.38. The van der Waals surface area contributed by atoms with Crippen LogP contribution in [0.4, 0.5) is 4.79 Å². The second-order valence-corrected chi connectivity index (χ2v) is 7.83. The molecule has 1 saturated carbocycles. The molecule has 0 radical (unpaired) electrons. The van der Waals surface area contributed by atoms with Gasteiger partial charge in [-0.3, -0.25) is 9.69 Å². The lowest BCUT2D eigenvalue weighted by atomic mass is 9.90. The highest BCUT2D eigenvalue weighted by atomic mass is 35.5. The molecule has 1 heterocycles. The summed E-state index contributed by atoms with van der Waals surface area (Å²) < 4.78 is 5.38. The van der Waals surface area contributed by atoms with Crippen LogP contribution in [0.25, 0.3) is 0 Å². The predicted octanol–water partition coefficient (Wildman–Crippen LogP) is 2.99. The maximum absolute atomic E-state index is 12.2. The molecule has 1 saturated heterocycles. The molecule has 2 aliphatic rings. The van der Waals surface area contributed by atoms with Gasteiger partial charge in [-0.1, -0.05) is 12.8 Å². The molecule has 0 bridgehead atoms. The van der Waals surface area contributed by atoms with Crippen LogP contribution in [-0.2, 0) is 9.53 Å². The van der Waals surface area contributed by atoms with Crippen molar-refractivity contribution >= 4 is 24.5 Å². The minimum absolute atomic E-state index is 0. The van der Waals surface area contributed by atoms with Crippen molar-refractivity contribution in [2.24, 2.45) is 5.92 Å². The number of carbonyl (C=O) groups excluding carboxylic acids is 1. The van der Waals surface area contributed by atoms with Crippen LogP contribution in [0.1, 0.15) is 52.9 Å². The highest BCUT2D eigenvalue weighted by Gasteiger charge is 2.41. The molecule has 2 rings (SSSR count). The van der Waals surface area contributed by atoms with Gasteiger partial charge in [-0.25, -0.2) is 4.79 Å². The van der Waals surface area contributed by atoms with Crippen molar-refractivity contribution < 1.29 is 19.4 Å². The van der Waals surface area contributed by atoms with E-state index in [-0.39, 0.29) is 25.0 Å². The summed E-state index contributed by atoms with van der Waals surface area (Å²) >= 11 is 0. The monoisotopic (exact) mass is 362 g/mol. The van der Waals surface area contributed by atoms with Gasteiger partial charge in [-0.2, -0.15) is 0 Å². The lowest BCUT2D eigenvalue weighted by Gasteiger charge is -2.43. The summed E-state index contributed by atoms with van der Waals surface area (Å²) in [5.41, 5.74) is -0.562. The number of ether oxygens (including phenoxy) is 1. The number of carboxylic acid groups (broad SMARTS) is 1. The van der Waals surface area contributed by atoms with Crippen molar-refractivity contribution in [2.45, 2.75) is 70.6 Å². The third-order valence-corrected chi connectivity index (χ3v) is 4.97. The van der Waals surface area contributed by atoms with Gasteiger partial charge in [0.15, 0.2) is 0 Å². The van der Waals surface area contributed by atoms with Gasteiger partial charge in [0.25, 0.3) is 0 Å². The maximum atomic E-state index is 12.2. The Labute approximate surface area is 150 Å². The van der Waals surface area contributed by atoms with Crippen LogP contribution in [0.2, 0.25) is 0 Å². The lowest BCUT2D eigenvalue weighted by molar-refractivity contribution is -0.146. The number of halogens is 1. The second-order valence-electron chi connectivity index (χ2n) is 7.83. The zero-order valence-electron chi connectivity index (χ0n) is 15.2.